The van der Waals surface area contributed by atoms with Crippen LogP contribution in [0.15, 0.2) is 41.1 Å². The fourth-order valence-corrected chi connectivity index (χ4v) is 7.48. The highest BCUT2D eigenvalue weighted by atomic mass is 16.5. The molecule has 1 saturated carbocycles. The van der Waals surface area contributed by atoms with E-state index < -0.39 is 0 Å². The van der Waals surface area contributed by atoms with Crippen molar-refractivity contribution >= 4 is 17.1 Å². The Morgan fingerprint density at radius 2 is 1.96 bits per heavy atom. The van der Waals surface area contributed by atoms with Crippen molar-refractivity contribution in [1.29, 1.82) is 0 Å². The summed E-state index contributed by atoms with van der Waals surface area (Å²) in [5, 5.41) is 16.1. The Bertz CT molecular complexity index is 1940. The van der Waals surface area contributed by atoms with Gasteiger partial charge in [-0.05, 0) is 68.2 Å². The summed E-state index contributed by atoms with van der Waals surface area (Å²) in [5.74, 6) is 0.982. The second-order valence-corrected chi connectivity index (χ2v) is 14.2. The number of amides is 1. The molecule has 1 amide bonds. The number of carbonyl (C=O) groups is 1. The molecule has 2 unspecified atom stereocenters. The Labute approximate surface area is 267 Å². The number of aromatic nitrogens is 7. The lowest BCUT2D eigenvalue weighted by molar-refractivity contribution is 0.0657. The first kappa shape index (κ1) is 29.1. The zero-order valence-electron chi connectivity index (χ0n) is 26.9. The Kier molecular flexibility index (Phi) is 6.86. The summed E-state index contributed by atoms with van der Waals surface area (Å²) in [4.78, 5) is 26.2. The Morgan fingerprint density at radius 3 is 2.76 bits per heavy atom. The molecule has 238 valence electrons. The van der Waals surface area contributed by atoms with Crippen LogP contribution in [0.2, 0.25) is 0 Å². The zero-order chi connectivity index (χ0) is 31.6. The maximum absolute atomic E-state index is 13.1. The van der Waals surface area contributed by atoms with E-state index in [-0.39, 0.29) is 28.7 Å². The van der Waals surface area contributed by atoms with Crippen LogP contribution in [0.25, 0.3) is 33.7 Å². The van der Waals surface area contributed by atoms with E-state index in [0.29, 0.717) is 17.6 Å². The Hall–Kier alpha value is -4.38. The molecule has 2 fully saturated rings. The largest absolute Gasteiger partial charge is 0.416 e. The normalized spacial score (nSPS) is 21.8. The number of aryl methyl sites for hydroxylation is 1. The van der Waals surface area contributed by atoms with E-state index in [1.807, 2.05) is 33.2 Å². The first-order chi connectivity index (χ1) is 22.2. The molecule has 2 N–H and O–H groups in total. The molecule has 1 saturated heterocycles. The molecule has 5 heterocycles. The van der Waals surface area contributed by atoms with Gasteiger partial charge in [-0.3, -0.25) is 9.48 Å². The van der Waals surface area contributed by atoms with Crippen molar-refractivity contribution in [2.45, 2.75) is 95.6 Å². The number of ether oxygens (including phenoxy) is 1. The maximum atomic E-state index is 13.1. The van der Waals surface area contributed by atoms with Crippen LogP contribution in [0.4, 0.5) is 0 Å². The molecule has 1 aromatic carbocycles. The van der Waals surface area contributed by atoms with Gasteiger partial charge in [0.25, 0.3) is 0 Å². The van der Waals surface area contributed by atoms with Crippen LogP contribution in [-0.4, -0.2) is 60.1 Å². The van der Waals surface area contributed by atoms with Gasteiger partial charge in [0.1, 0.15) is 5.82 Å². The lowest BCUT2D eigenvalue weighted by Gasteiger charge is -2.23. The van der Waals surface area contributed by atoms with Gasteiger partial charge in [0.05, 0.1) is 23.3 Å². The number of aromatic amines is 1. The van der Waals surface area contributed by atoms with Gasteiger partial charge in [-0.1, -0.05) is 45.4 Å². The summed E-state index contributed by atoms with van der Waals surface area (Å²) < 4.78 is 13.4. The third-order valence-corrected chi connectivity index (χ3v) is 10.1. The first-order valence-corrected chi connectivity index (χ1v) is 16.5. The minimum atomic E-state index is -0.310. The number of fused-ring (bicyclic) bond motifs is 3. The van der Waals surface area contributed by atoms with Crippen molar-refractivity contribution in [1.82, 2.24) is 40.2 Å². The molecule has 0 bridgehead atoms. The highest BCUT2D eigenvalue weighted by Gasteiger charge is 2.57. The lowest BCUT2D eigenvalue weighted by Crippen LogP contribution is -2.31. The van der Waals surface area contributed by atoms with Crippen LogP contribution in [0, 0.1) is 6.92 Å². The molecule has 8 rings (SSSR count). The molecule has 11 nitrogen and oxygen atoms in total. The number of hydrogen-bond acceptors (Lipinski definition) is 8. The third-order valence-electron chi connectivity index (χ3n) is 10.1. The lowest BCUT2D eigenvalue weighted by atomic mass is 9.87. The number of carbonyl (C=O) groups excluding carboxylic acids is 1. The maximum Gasteiger partial charge on any atom is 0.309 e. The molecule has 1 spiro atoms. The van der Waals surface area contributed by atoms with Gasteiger partial charge in [-0.15, -0.1) is 10.2 Å². The van der Waals surface area contributed by atoms with Gasteiger partial charge >= 0.3 is 11.8 Å². The quantitative estimate of drug-likeness (QED) is 0.244. The van der Waals surface area contributed by atoms with E-state index in [9.17, 15) is 4.79 Å². The summed E-state index contributed by atoms with van der Waals surface area (Å²) in [6, 6.07) is 9.27. The van der Waals surface area contributed by atoms with Crippen molar-refractivity contribution < 1.29 is 13.9 Å². The Morgan fingerprint density at radius 1 is 1.11 bits per heavy atom. The van der Waals surface area contributed by atoms with Gasteiger partial charge in [0.2, 0.25) is 5.89 Å². The summed E-state index contributed by atoms with van der Waals surface area (Å²) in [5.41, 5.74) is 8.23. The fraction of sp³-hybridized carbons (Fsp3) is 0.486. The third kappa shape index (κ3) is 4.92. The van der Waals surface area contributed by atoms with Crippen LogP contribution in [-0.2, 0) is 22.0 Å². The summed E-state index contributed by atoms with van der Waals surface area (Å²) >= 11 is 0. The summed E-state index contributed by atoms with van der Waals surface area (Å²) in [6.07, 6.45) is 10.9. The predicted octanol–water partition coefficient (Wildman–Crippen LogP) is 6.00. The molecule has 3 aliphatic rings. The SMILES string of the molecule is Cc1c(-c2nc3nccc(-c4ccc5c(c4)CCCCC54CC4NC(=O)c4nnc(C(C)(C)C)o4)c3[nH]2)cnn1C1CCOCC1. The Balaban J connectivity index is 1.07. The first-order valence-electron chi connectivity index (χ1n) is 16.5. The van der Waals surface area contributed by atoms with Crippen LogP contribution in [0.3, 0.4) is 0 Å². The monoisotopic (exact) mass is 620 g/mol. The highest BCUT2D eigenvalue weighted by molar-refractivity contribution is 5.92. The number of imidazole rings is 1. The van der Waals surface area contributed by atoms with Crippen LogP contribution >= 0.6 is 0 Å². The number of H-pyrrole nitrogens is 1. The second kappa shape index (κ2) is 10.9. The minimum absolute atomic E-state index is 0.0305. The molecule has 11 heteroatoms. The van der Waals surface area contributed by atoms with Crippen LogP contribution < -0.4 is 5.32 Å². The second-order valence-electron chi connectivity index (χ2n) is 14.2. The molecule has 2 atom stereocenters. The average molecular weight is 621 g/mol. The molecule has 46 heavy (non-hydrogen) atoms. The van der Waals surface area contributed by atoms with Gasteiger partial charge in [-0.2, -0.15) is 5.10 Å². The molecule has 0 radical (unpaired) electrons. The topological polar surface area (TPSA) is 137 Å². The van der Waals surface area contributed by atoms with Gasteiger partial charge in [0, 0.05) is 47.5 Å². The van der Waals surface area contributed by atoms with Gasteiger partial charge in [-0.25, -0.2) is 9.97 Å². The van der Waals surface area contributed by atoms with E-state index in [4.69, 9.17) is 19.2 Å². The molecule has 1 aliphatic heterocycles. The summed E-state index contributed by atoms with van der Waals surface area (Å²) in [6.45, 7) is 9.62. The molecule has 2 aliphatic carbocycles. The van der Waals surface area contributed by atoms with Gasteiger partial charge < -0.3 is 19.5 Å². The van der Waals surface area contributed by atoms with Crippen molar-refractivity contribution in [2.24, 2.45) is 0 Å². The molecule has 5 aromatic rings. The van der Waals surface area contributed by atoms with E-state index in [0.717, 1.165) is 91.9 Å². The smallest absolute Gasteiger partial charge is 0.309 e. The zero-order valence-corrected chi connectivity index (χ0v) is 26.9. The van der Waals surface area contributed by atoms with Crippen molar-refractivity contribution in [3.05, 3.63) is 65.3 Å². The number of nitrogens with one attached hydrogen (secondary N) is 2. The number of benzene rings is 1. The minimum Gasteiger partial charge on any atom is -0.416 e. The highest BCUT2D eigenvalue weighted by Crippen LogP contribution is 2.55. The van der Waals surface area contributed by atoms with E-state index in [1.54, 1.807) is 0 Å². The molecule has 4 aromatic heterocycles. The van der Waals surface area contributed by atoms with E-state index in [2.05, 4.69) is 61.4 Å². The average Bonchev–Trinajstić information content (AvgIpc) is 3.41. The van der Waals surface area contributed by atoms with Crippen molar-refractivity contribution in [3.63, 3.8) is 0 Å². The number of rotatable bonds is 5. The fourth-order valence-electron chi connectivity index (χ4n) is 7.48. The van der Waals surface area contributed by atoms with Crippen molar-refractivity contribution in [3.8, 4) is 22.5 Å². The summed E-state index contributed by atoms with van der Waals surface area (Å²) in [7, 11) is 0. The standard InChI is InChI=1S/C35H40N8O3/c1-20-25(19-37-43(20)23-11-15-45-16-12-23)29-39-28-24(10-14-36-30(28)40-29)21-8-9-26-22(17-21)7-5-6-13-35(26)18-27(35)38-31(44)32-41-42-33(46-32)34(2,3)4/h8-10,14,17,19,23,27H,5-7,11-13,15-16,18H2,1-4H3,(H,38,44)(H,36,39,40). The predicted molar refractivity (Wildman–Crippen MR) is 172 cm³/mol. The van der Waals surface area contributed by atoms with E-state index in [1.165, 1.54) is 11.1 Å². The van der Waals surface area contributed by atoms with Crippen molar-refractivity contribution in [2.75, 3.05) is 13.2 Å². The molecular formula is C35H40N8O3. The van der Waals surface area contributed by atoms with Crippen LogP contribution in [0.5, 0.6) is 0 Å². The number of nitrogens with zero attached hydrogens (tertiary/aromatic N) is 6. The number of hydrogen-bond donors (Lipinski definition) is 2. The van der Waals surface area contributed by atoms with E-state index >= 15 is 0 Å². The van der Waals surface area contributed by atoms with Gasteiger partial charge in [0.15, 0.2) is 5.65 Å². The molecular weight excluding hydrogens is 580 g/mol. The number of pyridine rings is 1. The van der Waals surface area contributed by atoms with Crippen LogP contribution in [0.1, 0.15) is 98.7 Å².